The highest BCUT2D eigenvalue weighted by Gasteiger charge is 2.35. The Morgan fingerprint density at radius 1 is 0.857 bits per heavy atom. The van der Waals surface area contributed by atoms with Gasteiger partial charge in [-0.15, -0.1) is 0 Å². The SMILES string of the molecule is CCCCC1=C(CC)C(B(CC)CC)=C(CCCC)[Si]1Cl. The highest BCUT2D eigenvalue weighted by atomic mass is 35.6. The van der Waals surface area contributed by atoms with Gasteiger partial charge in [0, 0.05) is 0 Å². The van der Waals surface area contributed by atoms with Gasteiger partial charge in [0.15, 0.2) is 6.71 Å². The van der Waals surface area contributed by atoms with Crippen LogP contribution in [0, 0.1) is 0 Å². The smallest absolute Gasteiger partial charge is 0.157 e. The molecule has 0 aliphatic carbocycles. The zero-order valence-electron chi connectivity index (χ0n) is 14.8. The van der Waals surface area contributed by atoms with Crippen LogP contribution in [0.5, 0.6) is 0 Å². The van der Waals surface area contributed by atoms with Gasteiger partial charge >= 0.3 is 0 Å². The van der Waals surface area contributed by atoms with Crippen molar-refractivity contribution in [2.75, 3.05) is 0 Å². The minimum Gasteiger partial charge on any atom is -0.157 e. The molecule has 0 saturated carbocycles. The minimum absolute atomic E-state index is 0.740. The van der Waals surface area contributed by atoms with E-state index < -0.39 is 8.11 Å². The summed E-state index contributed by atoms with van der Waals surface area (Å²) < 4.78 is 0. The molecule has 0 aromatic heterocycles. The molecule has 1 aliphatic rings. The molecule has 1 heterocycles. The van der Waals surface area contributed by atoms with Gasteiger partial charge in [-0.2, -0.15) is 11.1 Å². The predicted octanol–water partition coefficient (Wildman–Crippen LogP) is 6.77. The molecule has 0 fully saturated rings. The van der Waals surface area contributed by atoms with Crippen LogP contribution in [0.2, 0.25) is 12.6 Å². The first-order valence-corrected chi connectivity index (χ1v) is 11.7. The van der Waals surface area contributed by atoms with E-state index in [2.05, 4.69) is 34.6 Å². The summed E-state index contributed by atoms with van der Waals surface area (Å²) in [5, 5.41) is 3.35. The summed E-state index contributed by atoms with van der Waals surface area (Å²) in [6.45, 7) is 12.3. The van der Waals surface area contributed by atoms with E-state index in [1.807, 2.05) is 0 Å². The summed E-state index contributed by atoms with van der Waals surface area (Å²) in [5.41, 5.74) is 3.39. The first-order valence-electron chi connectivity index (χ1n) is 9.14. The number of hydrogen-bond acceptors (Lipinski definition) is 0. The third-order valence-electron chi connectivity index (χ3n) is 4.85. The molecule has 0 aromatic rings. The zero-order chi connectivity index (χ0) is 15.8. The predicted molar refractivity (Wildman–Crippen MR) is 102 cm³/mol. The van der Waals surface area contributed by atoms with Crippen LogP contribution in [0.25, 0.3) is 0 Å². The Hall–Kier alpha value is 0.0518. The molecule has 21 heavy (non-hydrogen) atoms. The Kier molecular flexibility index (Phi) is 9.05. The molecule has 3 heteroatoms. The van der Waals surface area contributed by atoms with E-state index in [9.17, 15) is 0 Å². The summed E-state index contributed by atoms with van der Waals surface area (Å²) >= 11 is 7.03. The molecule has 0 spiro atoms. The van der Waals surface area contributed by atoms with Crippen LogP contribution in [0.15, 0.2) is 21.4 Å². The lowest BCUT2D eigenvalue weighted by Crippen LogP contribution is -2.17. The van der Waals surface area contributed by atoms with Crippen LogP contribution < -0.4 is 0 Å². The maximum atomic E-state index is 7.03. The van der Waals surface area contributed by atoms with E-state index in [0.29, 0.717) is 0 Å². The molecular formula is C18H33BClSi. The Bertz CT molecular complexity index is 383. The zero-order valence-corrected chi connectivity index (χ0v) is 16.6. The molecule has 0 unspecified atom stereocenters. The summed E-state index contributed by atoms with van der Waals surface area (Å²) in [5.74, 6) is 0. The number of allylic oxidation sites excluding steroid dienone is 4. The normalized spacial score (nSPS) is 16.3. The van der Waals surface area contributed by atoms with Gasteiger partial charge in [0.05, 0.1) is 0 Å². The number of halogens is 1. The fourth-order valence-corrected chi connectivity index (χ4v) is 7.12. The molecule has 0 amide bonds. The van der Waals surface area contributed by atoms with Crippen LogP contribution >= 0.6 is 11.1 Å². The van der Waals surface area contributed by atoms with Crippen molar-refractivity contribution in [2.45, 2.75) is 92.2 Å². The van der Waals surface area contributed by atoms with Crippen molar-refractivity contribution in [3.8, 4) is 0 Å². The fraction of sp³-hybridized carbons (Fsp3) is 0.778. The summed E-state index contributed by atoms with van der Waals surface area (Å²) in [4.78, 5) is 0. The van der Waals surface area contributed by atoms with Crippen molar-refractivity contribution in [1.82, 2.24) is 0 Å². The van der Waals surface area contributed by atoms with Crippen molar-refractivity contribution < 1.29 is 0 Å². The van der Waals surface area contributed by atoms with E-state index in [1.165, 1.54) is 57.6 Å². The molecule has 0 saturated heterocycles. The number of hydrogen-bond donors (Lipinski definition) is 0. The lowest BCUT2D eigenvalue weighted by molar-refractivity contribution is 0.799. The van der Waals surface area contributed by atoms with Gasteiger partial charge in [-0.25, -0.2) is 0 Å². The van der Waals surface area contributed by atoms with Crippen LogP contribution in [0.3, 0.4) is 0 Å². The van der Waals surface area contributed by atoms with Crippen molar-refractivity contribution in [3.63, 3.8) is 0 Å². The molecule has 1 rings (SSSR count). The molecule has 1 radical (unpaired) electrons. The molecule has 119 valence electrons. The molecule has 0 N–H and O–H groups in total. The largest absolute Gasteiger partial charge is 0.225 e. The first-order chi connectivity index (χ1) is 10.2. The van der Waals surface area contributed by atoms with Crippen molar-refractivity contribution in [2.24, 2.45) is 0 Å². The first kappa shape index (κ1) is 19.1. The van der Waals surface area contributed by atoms with Crippen molar-refractivity contribution in [3.05, 3.63) is 21.4 Å². The maximum absolute atomic E-state index is 7.03. The molecular weight excluding hydrogens is 291 g/mol. The van der Waals surface area contributed by atoms with Gasteiger partial charge in [-0.1, -0.05) is 94.4 Å². The lowest BCUT2D eigenvalue weighted by atomic mass is 9.39. The summed E-state index contributed by atoms with van der Waals surface area (Å²) in [7, 11) is -0.920. The van der Waals surface area contributed by atoms with E-state index in [4.69, 9.17) is 11.1 Å². The number of rotatable bonds is 10. The lowest BCUT2D eigenvalue weighted by Gasteiger charge is -2.18. The Morgan fingerprint density at radius 3 is 1.81 bits per heavy atom. The van der Waals surface area contributed by atoms with E-state index in [1.54, 1.807) is 21.4 Å². The van der Waals surface area contributed by atoms with E-state index >= 15 is 0 Å². The van der Waals surface area contributed by atoms with Gasteiger partial charge in [0.25, 0.3) is 0 Å². The maximum Gasteiger partial charge on any atom is 0.225 e. The van der Waals surface area contributed by atoms with Gasteiger partial charge in [-0.05, 0) is 19.3 Å². The second-order valence-electron chi connectivity index (χ2n) is 6.24. The third kappa shape index (κ3) is 4.51. The van der Waals surface area contributed by atoms with E-state index in [0.717, 1.165) is 6.71 Å². The monoisotopic (exact) mass is 323 g/mol. The van der Waals surface area contributed by atoms with Gasteiger partial charge in [0.1, 0.15) is 0 Å². The minimum atomic E-state index is -0.920. The van der Waals surface area contributed by atoms with Crippen LogP contribution in [0.1, 0.15) is 79.6 Å². The molecule has 0 nitrogen and oxygen atoms in total. The van der Waals surface area contributed by atoms with Crippen molar-refractivity contribution >= 4 is 25.9 Å². The molecule has 0 bridgehead atoms. The van der Waals surface area contributed by atoms with Crippen molar-refractivity contribution in [1.29, 1.82) is 0 Å². The van der Waals surface area contributed by atoms with Gasteiger partial charge < -0.3 is 0 Å². The Labute approximate surface area is 139 Å². The highest BCUT2D eigenvalue weighted by Crippen LogP contribution is 2.42. The van der Waals surface area contributed by atoms with Gasteiger partial charge in [0.2, 0.25) is 8.11 Å². The van der Waals surface area contributed by atoms with Crippen LogP contribution in [-0.4, -0.2) is 14.8 Å². The summed E-state index contributed by atoms with van der Waals surface area (Å²) in [6.07, 6.45) is 11.4. The summed E-state index contributed by atoms with van der Waals surface area (Å²) in [6, 6.07) is 0. The third-order valence-corrected chi connectivity index (χ3v) is 8.35. The topological polar surface area (TPSA) is 0 Å². The standard InChI is InChI=1S/C18H33BClSi/c1-6-11-13-16-15(8-3)18(19(9-4)10-5)17(21(16)20)14-12-7-2/h6-14H2,1-5H3. The Morgan fingerprint density at radius 2 is 1.38 bits per heavy atom. The quantitative estimate of drug-likeness (QED) is 0.307. The molecule has 0 atom stereocenters. The highest BCUT2D eigenvalue weighted by molar-refractivity contribution is 7.16. The van der Waals surface area contributed by atoms with Crippen LogP contribution in [0.4, 0.5) is 0 Å². The molecule has 0 aromatic carbocycles. The second kappa shape index (κ2) is 9.95. The average Bonchev–Trinajstić information content (AvgIpc) is 2.76. The Balaban J connectivity index is 3.17. The fourth-order valence-electron chi connectivity index (χ4n) is 3.58. The number of unbranched alkanes of at least 4 members (excludes halogenated alkanes) is 2. The molecule has 1 aliphatic heterocycles. The van der Waals surface area contributed by atoms with E-state index in [-0.39, 0.29) is 0 Å². The average molecular weight is 324 g/mol. The van der Waals surface area contributed by atoms with Gasteiger partial charge in [-0.3, -0.25) is 0 Å². The second-order valence-corrected chi connectivity index (χ2v) is 9.21. The van der Waals surface area contributed by atoms with Crippen LogP contribution in [-0.2, 0) is 0 Å².